The van der Waals surface area contributed by atoms with Crippen LogP contribution in [0.1, 0.15) is 12.5 Å². The predicted octanol–water partition coefficient (Wildman–Crippen LogP) is 2.28. The van der Waals surface area contributed by atoms with Crippen molar-refractivity contribution in [1.82, 2.24) is 5.32 Å². The van der Waals surface area contributed by atoms with Crippen molar-refractivity contribution >= 4 is 27.5 Å². The molecule has 0 aliphatic carbocycles. The minimum Gasteiger partial charge on any atom is -0.371 e. The zero-order valence-corrected chi connectivity index (χ0v) is 12.6. The average Bonchev–Trinajstić information content (AvgIpc) is 2.40. The maximum absolute atomic E-state index is 14.1. The van der Waals surface area contributed by atoms with E-state index in [0.29, 0.717) is 12.2 Å². The number of nitrogens with zero attached hydrogens (tertiary/aromatic N) is 2. The number of benzene rings is 1. The van der Waals surface area contributed by atoms with Gasteiger partial charge in [-0.3, -0.25) is 4.79 Å². The Bertz CT molecular complexity index is 527. The van der Waals surface area contributed by atoms with E-state index in [1.54, 1.807) is 32.0 Å². The van der Waals surface area contributed by atoms with E-state index in [2.05, 4.69) is 21.2 Å². The summed E-state index contributed by atoms with van der Waals surface area (Å²) in [5.74, 6) is -0.852. The molecule has 0 heterocycles. The molecule has 1 unspecified atom stereocenters. The summed E-state index contributed by atoms with van der Waals surface area (Å²) in [4.78, 5) is 13.1. The van der Waals surface area contributed by atoms with Crippen molar-refractivity contribution in [3.05, 3.63) is 28.0 Å². The summed E-state index contributed by atoms with van der Waals surface area (Å²) in [5.41, 5.74) is 0.593. The van der Waals surface area contributed by atoms with Crippen LogP contribution in [-0.2, 0) is 4.79 Å². The van der Waals surface area contributed by atoms with Crippen LogP contribution in [0.2, 0.25) is 0 Å². The highest BCUT2D eigenvalue weighted by Gasteiger charge is 2.18. The van der Waals surface area contributed by atoms with Crippen LogP contribution in [0.5, 0.6) is 0 Å². The number of nitrogens with one attached hydrogen (secondary N) is 1. The third-order valence-electron chi connectivity index (χ3n) is 2.84. The molecule has 4 nitrogen and oxygen atoms in total. The summed E-state index contributed by atoms with van der Waals surface area (Å²) in [7, 11) is 3.27. The number of rotatable bonds is 4. The van der Waals surface area contributed by atoms with Gasteiger partial charge in [-0.25, -0.2) is 4.39 Å². The SMILES string of the molecule is CNC(=O)C(C)CN(C)c1ccc(C#N)c(Br)c1F. The molecule has 6 heteroatoms. The second-order valence-corrected chi connectivity index (χ2v) is 5.06. The molecule has 1 amide bonds. The highest BCUT2D eigenvalue weighted by atomic mass is 79.9. The zero-order valence-electron chi connectivity index (χ0n) is 11.0. The molecule has 0 radical (unpaired) electrons. The van der Waals surface area contributed by atoms with Gasteiger partial charge in [-0.1, -0.05) is 6.92 Å². The van der Waals surface area contributed by atoms with Crippen LogP contribution in [-0.4, -0.2) is 26.5 Å². The van der Waals surface area contributed by atoms with Crippen LogP contribution < -0.4 is 10.2 Å². The fraction of sp³-hybridized carbons (Fsp3) is 0.385. The highest BCUT2D eigenvalue weighted by molar-refractivity contribution is 9.10. The van der Waals surface area contributed by atoms with Gasteiger partial charge in [0.25, 0.3) is 0 Å². The minimum atomic E-state index is -0.495. The largest absolute Gasteiger partial charge is 0.371 e. The standard InChI is InChI=1S/C13H15BrFN3O/c1-8(13(19)17-2)7-18(3)10-5-4-9(6-16)11(14)12(10)15/h4-5,8H,7H2,1-3H3,(H,17,19). The van der Waals surface area contributed by atoms with Crippen LogP contribution in [0.25, 0.3) is 0 Å². The molecule has 1 N–H and O–H groups in total. The summed E-state index contributed by atoms with van der Waals surface area (Å²) in [5, 5.41) is 11.4. The summed E-state index contributed by atoms with van der Waals surface area (Å²) >= 11 is 3.06. The molecule has 19 heavy (non-hydrogen) atoms. The van der Waals surface area contributed by atoms with E-state index in [1.165, 1.54) is 6.07 Å². The molecule has 0 aliphatic rings. The fourth-order valence-electron chi connectivity index (χ4n) is 1.76. The van der Waals surface area contributed by atoms with Crippen LogP contribution >= 0.6 is 15.9 Å². The molecule has 0 saturated heterocycles. The number of hydrogen-bond donors (Lipinski definition) is 1. The van der Waals surface area contributed by atoms with Crippen LogP contribution in [0.4, 0.5) is 10.1 Å². The van der Waals surface area contributed by atoms with E-state index < -0.39 is 5.82 Å². The third kappa shape index (κ3) is 3.44. The Hall–Kier alpha value is -1.61. The van der Waals surface area contributed by atoms with Crippen molar-refractivity contribution < 1.29 is 9.18 Å². The first-order valence-electron chi connectivity index (χ1n) is 5.73. The zero-order chi connectivity index (χ0) is 14.6. The molecule has 102 valence electrons. The van der Waals surface area contributed by atoms with Crippen molar-refractivity contribution in [2.24, 2.45) is 5.92 Å². The lowest BCUT2D eigenvalue weighted by Crippen LogP contribution is -2.34. The summed E-state index contributed by atoms with van der Waals surface area (Å²) in [6.45, 7) is 2.15. The van der Waals surface area contributed by atoms with Gasteiger partial charge < -0.3 is 10.2 Å². The van der Waals surface area contributed by atoms with Gasteiger partial charge in [0.1, 0.15) is 6.07 Å². The van der Waals surface area contributed by atoms with Gasteiger partial charge in [-0.05, 0) is 28.1 Å². The summed E-state index contributed by atoms with van der Waals surface area (Å²) < 4.78 is 14.2. The number of amides is 1. The van der Waals surface area contributed by atoms with E-state index >= 15 is 0 Å². The molecule has 1 aromatic carbocycles. The smallest absolute Gasteiger partial charge is 0.224 e. The molecule has 0 aliphatic heterocycles. The van der Waals surface area contributed by atoms with E-state index in [-0.39, 0.29) is 21.9 Å². The monoisotopic (exact) mass is 327 g/mol. The molecule has 0 aromatic heterocycles. The third-order valence-corrected chi connectivity index (χ3v) is 3.61. The van der Waals surface area contributed by atoms with E-state index in [0.717, 1.165) is 0 Å². The Balaban J connectivity index is 2.96. The molecule has 0 bridgehead atoms. The Kier molecular flexibility index (Phi) is 5.31. The summed E-state index contributed by atoms with van der Waals surface area (Å²) in [6.07, 6.45) is 0. The van der Waals surface area contributed by atoms with Crippen molar-refractivity contribution in [2.45, 2.75) is 6.92 Å². The van der Waals surface area contributed by atoms with Crippen molar-refractivity contribution in [3.8, 4) is 6.07 Å². The second kappa shape index (κ2) is 6.53. The van der Waals surface area contributed by atoms with Gasteiger partial charge >= 0.3 is 0 Å². The molecule has 0 spiro atoms. The van der Waals surface area contributed by atoms with Gasteiger partial charge in [-0.2, -0.15) is 5.26 Å². The van der Waals surface area contributed by atoms with Crippen LogP contribution in [0, 0.1) is 23.1 Å². The first kappa shape index (κ1) is 15.4. The van der Waals surface area contributed by atoms with Gasteiger partial charge in [0.15, 0.2) is 5.82 Å². The van der Waals surface area contributed by atoms with Crippen molar-refractivity contribution in [2.75, 3.05) is 25.5 Å². The first-order valence-corrected chi connectivity index (χ1v) is 6.52. The fourth-order valence-corrected chi connectivity index (χ4v) is 2.18. The minimum absolute atomic E-state index is 0.0973. The Morgan fingerprint density at radius 2 is 2.26 bits per heavy atom. The lowest BCUT2D eigenvalue weighted by atomic mass is 10.1. The number of halogens is 2. The Morgan fingerprint density at radius 3 is 2.79 bits per heavy atom. The highest BCUT2D eigenvalue weighted by Crippen LogP contribution is 2.28. The molecular formula is C13H15BrFN3O. The Morgan fingerprint density at radius 1 is 1.63 bits per heavy atom. The van der Waals surface area contributed by atoms with E-state index in [4.69, 9.17) is 5.26 Å². The van der Waals surface area contributed by atoms with Gasteiger partial charge in [0.05, 0.1) is 21.6 Å². The second-order valence-electron chi connectivity index (χ2n) is 4.27. The number of hydrogen-bond acceptors (Lipinski definition) is 3. The van der Waals surface area contributed by atoms with E-state index in [1.807, 2.05) is 6.07 Å². The van der Waals surface area contributed by atoms with Gasteiger partial charge in [0.2, 0.25) is 5.91 Å². The van der Waals surface area contributed by atoms with E-state index in [9.17, 15) is 9.18 Å². The topological polar surface area (TPSA) is 56.1 Å². The molecule has 1 rings (SSSR count). The van der Waals surface area contributed by atoms with Gasteiger partial charge in [-0.15, -0.1) is 0 Å². The quantitative estimate of drug-likeness (QED) is 0.923. The van der Waals surface area contributed by atoms with Gasteiger partial charge in [0, 0.05) is 20.6 Å². The molecule has 0 saturated carbocycles. The number of nitriles is 1. The lowest BCUT2D eigenvalue weighted by Gasteiger charge is -2.23. The number of carbonyl (C=O) groups is 1. The van der Waals surface area contributed by atoms with Crippen molar-refractivity contribution in [3.63, 3.8) is 0 Å². The predicted molar refractivity (Wildman–Crippen MR) is 75.3 cm³/mol. The number of anilines is 1. The molecule has 0 fully saturated rings. The lowest BCUT2D eigenvalue weighted by molar-refractivity contribution is -0.123. The summed E-state index contributed by atoms with van der Waals surface area (Å²) in [6, 6.07) is 4.98. The maximum Gasteiger partial charge on any atom is 0.224 e. The number of carbonyl (C=O) groups excluding carboxylic acids is 1. The molecule has 1 atom stereocenters. The molecule has 1 aromatic rings. The van der Waals surface area contributed by atoms with Crippen molar-refractivity contribution in [1.29, 1.82) is 5.26 Å². The normalized spacial score (nSPS) is 11.6. The van der Waals surface area contributed by atoms with Crippen LogP contribution in [0.3, 0.4) is 0 Å². The average molecular weight is 328 g/mol. The maximum atomic E-state index is 14.1. The first-order chi connectivity index (χ1) is 8.92. The van der Waals surface area contributed by atoms with Crippen LogP contribution in [0.15, 0.2) is 16.6 Å². The molecular weight excluding hydrogens is 313 g/mol. The Labute approximate surface area is 120 Å².